The molecule has 1 saturated heterocycles. The SMILES string of the molecule is CCCNC1CCN(c2ccc(Br)cc2CC)CC1. The molecule has 1 fully saturated rings. The van der Waals surface area contributed by atoms with Crippen molar-refractivity contribution < 1.29 is 0 Å². The molecule has 0 spiro atoms. The van der Waals surface area contributed by atoms with Crippen LogP contribution in [0.1, 0.15) is 38.7 Å². The minimum atomic E-state index is 0.719. The molecule has 0 unspecified atom stereocenters. The summed E-state index contributed by atoms with van der Waals surface area (Å²) in [6.45, 7) is 7.98. The number of nitrogens with zero attached hydrogens (tertiary/aromatic N) is 1. The second-order valence-electron chi connectivity index (χ2n) is 5.34. The van der Waals surface area contributed by atoms with Crippen LogP contribution < -0.4 is 10.2 Å². The molecule has 1 aromatic rings. The molecule has 0 saturated carbocycles. The van der Waals surface area contributed by atoms with Crippen LogP contribution in [0.15, 0.2) is 22.7 Å². The van der Waals surface area contributed by atoms with E-state index < -0.39 is 0 Å². The van der Waals surface area contributed by atoms with E-state index in [2.05, 4.69) is 58.2 Å². The Bertz CT molecular complexity index is 398. The van der Waals surface area contributed by atoms with Crippen molar-refractivity contribution in [3.8, 4) is 0 Å². The van der Waals surface area contributed by atoms with E-state index in [0.29, 0.717) is 0 Å². The van der Waals surface area contributed by atoms with Crippen molar-refractivity contribution in [2.24, 2.45) is 0 Å². The number of benzene rings is 1. The van der Waals surface area contributed by atoms with E-state index in [0.717, 1.165) is 19.0 Å². The van der Waals surface area contributed by atoms with E-state index in [1.165, 1.54) is 48.1 Å². The standard InChI is InChI=1S/C16H25BrN2/c1-3-9-18-15-7-10-19(11-8-15)16-6-5-14(17)12-13(16)4-2/h5-6,12,15,18H,3-4,7-11H2,1-2H3. The highest BCUT2D eigenvalue weighted by molar-refractivity contribution is 9.10. The molecule has 0 aromatic heterocycles. The van der Waals surface area contributed by atoms with E-state index in [1.807, 2.05) is 0 Å². The number of halogens is 1. The quantitative estimate of drug-likeness (QED) is 0.881. The van der Waals surface area contributed by atoms with E-state index in [9.17, 15) is 0 Å². The third kappa shape index (κ3) is 3.96. The molecule has 0 amide bonds. The van der Waals surface area contributed by atoms with Gasteiger partial charge in [-0.25, -0.2) is 0 Å². The fourth-order valence-corrected chi connectivity index (χ4v) is 3.23. The fourth-order valence-electron chi connectivity index (χ4n) is 2.82. The lowest BCUT2D eigenvalue weighted by Crippen LogP contribution is -2.43. The highest BCUT2D eigenvalue weighted by atomic mass is 79.9. The molecule has 3 heteroatoms. The Balaban J connectivity index is 1.97. The highest BCUT2D eigenvalue weighted by Crippen LogP contribution is 2.27. The van der Waals surface area contributed by atoms with Gasteiger partial charge in [0.1, 0.15) is 0 Å². The monoisotopic (exact) mass is 324 g/mol. The maximum absolute atomic E-state index is 3.65. The van der Waals surface area contributed by atoms with Crippen LogP contribution in [0.3, 0.4) is 0 Å². The van der Waals surface area contributed by atoms with Gasteiger partial charge < -0.3 is 10.2 Å². The molecule has 0 bridgehead atoms. The molecule has 1 N–H and O–H groups in total. The van der Waals surface area contributed by atoms with Gasteiger partial charge >= 0.3 is 0 Å². The van der Waals surface area contributed by atoms with Gasteiger partial charge in [0.2, 0.25) is 0 Å². The zero-order valence-corrected chi connectivity index (χ0v) is 13.7. The Hall–Kier alpha value is -0.540. The van der Waals surface area contributed by atoms with Crippen molar-refractivity contribution in [2.75, 3.05) is 24.5 Å². The van der Waals surface area contributed by atoms with Crippen LogP contribution in [0.5, 0.6) is 0 Å². The molecule has 2 nitrogen and oxygen atoms in total. The van der Waals surface area contributed by atoms with Gasteiger partial charge in [-0.2, -0.15) is 0 Å². The van der Waals surface area contributed by atoms with Crippen molar-refractivity contribution in [3.05, 3.63) is 28.2 Å². The molecule has 19 heavy (non-hydrogen) atoms. The number of rotatable bonds is 5. The summed E-state index contributed by atoms with van der Waals surface area (Å²) in [7, 11) is 0. The zero-order chi connectivity index (χ0) is 13.7. The summed E-state index contributed by atoms with van der Waals surface area (Å²) in [5, 5.41) is 3.65. The third-order valence-corrected chi connectivity index (χ3v) is 4.43. The Morgan fingerprint density at radius 3 is 2.63 bits per heavy atom. The van der Waals surface area contributed by atoms with E-state index in [1.54, 1.807) is 0 Å². The van der Waals surface area contributed by atoms with Gasteiger partial charge in [0, 0.05) is 29.3 Å². The zero-order valence-electron chi connectivity index (χ0n) is 12.1. The molecule has 1 heterocycles. The van der Waals surface area contributed by atoms with Crippen LogP contribution in [0.4, 0.5) is 5.69 Å². The van der Waals surface area contributed by atoms with E-state index >= 15 is 0 Å². The topological polar surface area (TPSA) is 15.3 Å². The summed E-state index contributed by atoms with van der Waals surface area (Å²) in [5.41, 5.74) is 2.88. The molecule has 1 aliphatic heterocycles. The number of piperidine rings is 1. The minimum absolute atomic E-state index is 0.719. The molecule has 106 valence electrons. The van der Waals surface area contributed by atoms with Crippen molar-refractivity contribution in [2.45, 2.75) is 45.6 Å². The second-order valence-corrected chi connectivity index (χ2v) is 6.26. The molecule has 0 aliphatic carbocycles. The van der Waals surface area contributed by atoms with Crippen LogP contribution in [0.25, 0.3) is 0 Å². The lowest BCUT2D eigenvalue weighted by molar-refractivity contribution is 0.415. The van der Waals surface area contributed by atoms with Crippen LogP contribution in [0.2, 0.25) is 0 Å². The number of nitrogens with one attached hydrogen (secondary N) is 1. The molecule has 0 atom stereocenters. The van der Waals surface area contributed by atoms with Crippen LogP contribution in [0, 0.1) is 0 Å². The predicted octanol–water partition coefficient (Wildman–Crippen LogP) is 3.98. The van der Waals surface area contributed by atoms with Gasteiger partial charge in [0.15, 0.2) is 0 Å². The largest absolute Gasteiger partial charge is 0.371 e. The highest BCUT2D eigenvalue weighted by Gasteiger charge is 2.20. The van der Waals surface area contributed by atoms with Gasteiger partial charge in [0.25, 0.3) is 0 Å². The molecule has 2 rings (SSSR count). The average molecular weight is 325 g/mol. The Morgan fingerprint density at radius 1 is 1.26 bits per heavy atom. The van der Waals surface area contributed by atoms with Gasteiger partial charge in [0.05, 0.1) is 0 Å². The summed E-state index contributed by atoms with van der Waals surface area (Å²) in [6.07, 6.45) is 4.86. The van der Waals surface area contributed by atoms with Crippen LogP contribution >= 0.6 is 15.9 Å². The van der Waals surface area contributed by atoms with Gasteiger partial charge in [-0.05, 0) is 56.0 Å². The first-order valence-electron chi connectivity index (χ1n) is 7.51. The van der Waals surface area contributed by atoms with Gasteiger partial charge in [-0.3, -0.25) is 0 Å². The first kappa shape index (κ1) is 14.9. The summed E-state index contributed by atoms with van der Waals surface area (Å²) >= 11 is 3.57. The van der Waals surface area contributed by atoms with Crippen LogP contribution in [-0.4, -0.2) is 25.7 Å². The maximum Gasteiger partial charge on any atom is 0.0399 e. The molecular weight excluding hydrogens is 300 g/mol. The minimum Gasteiger partial charge on any atom is -0.371 e. The van der Waals surface area contributed by atoms with Crippen LogP contribution in [-0.2, 0) is 6.42 Å². The molecule has 1 aliphatic rings. The van der Waals surface area contributed by atoms with Crippen molar-refractivity contribution >= 4 is 21.6 Å². The first-order chi connectivity index (χ1) is 9.24. The Morgan fingerprint density at radius 2 is 2.00 bits per heavy atom. The molecule has 1 aromatic carbocycles. The van der Waals surface area contributed by atoms with Gasteiger partial charge in [-0.15, -0.1) is 0 Å². The van der Waals surface area contributed by atoms with E-state index in [-0.39, 0.29) is 0 Å². The summed E-state index contributed by atoms with van der Waals surface area (Å²) in [6, 6.07) is 7.41. The first-order valence-corrected chi connectivity index (χ1v) is 8.30. The molecular formula is C16H25BrN2. The number of hydrogen-bond acceptors (Lipinski definition) is 2. The predicted molar refractivity (Wildman–Crippen MR) is 87.0 cm³/mol. The third-order valence-electron chi connectivity index (χ3n) is 3.94. The number of anilines is 1. The van der Waals surface area contributed by atoms with E-state index in [4.69, 9.17) is 0 Å². The maximum atomic E-state index is 3.65. The molecule has 0 radical (unpaired) electrons. The smallest absolute Gasteiger partial charge is 0.0399 e. The second kappa shape index (κ2) is 7.30. The van der Waals surface area contributed by atoms with Crippen molar-refractivity contribution in [1.82, 2.24) is 5.32 Å². The lowest BCUT2D eigenvalue weighted by Gasteiger charge is -2.35. The Kier molecular flexibility index (Phi) is 5.71. The number of hydrogen-bond donors (Lipinski definition) is 1. The fraction of sp³-hybridized carbons (Fsp3) is 0.625. The summed E-state index contributed by atoms with van der Waals surface area (Å²) in [5.74, 6) is 0. The Labute approximate surface area is 125 Å². The summed E-state index contributed by atoms with van der Waals surface area (Å²) in [4.78, 5) is 2.55. The van der Waals surface area contributed by atoms with Crippen molar-refractivity contribution in [1.29, 1.82) is 0 Å². The number of aryl methyl sites for hydroxylation is 1. The summed E-state index contributed by atoms with van der Waals surface area (Å²) < 4.78 is 1.19. The van der Waals surface area contributed by atoms with Gasteiger partial charge in [-0.1, -0.05) is 29.8 Å². The van der Waals surface area contributed by atoms with Crippen molar-refractivity contribution in [3.63, 3.8) is 0 Å². The lowest BCUT2D eigenvalue weighted by atomic mass is 10.0. The normalized spacial score (nSPS) is 16.9. The average Bonchev–Trinajstić information content (AvgIpc) is 2.45.